The maximum atomic E-state index is 11.7. The molecule has 2 rings (SSSR count). The number of fused-ring (bicyclic) bond motifs is 2. The predicted octanol–water partition coefficient (Wildman–Crippen LogP) is 1.51. The summed E-state index contributed by atoms with van der Waals surface area (Å²) < 4.78 is 0. The first-order valence-electron chi connectivity index (χ1n) is 5.55. The number of hydrogen-bond acceptors (Lipinski definition) is 2. The summed E-state index contributed by atoms with van der Waals surface area (Å²) in [7, 11) is 0. The van der Waals surface area contributed by atoms with Crippen LogP contribution in [0.4, 0.5) is 0 Å². The van der Waals surface area contributed by atoms with E-state index in [1.54, 1.807) is 0 Å². The van der Waals surface area contributed by atoms with Crippen molar-refractivity contribution in [3.63, 3.8) is 0 Å². The van der Waals surface area contributed by atoms with Crippen molar-refractivity contribution in [2.24, 2.45) is 0 Å². The van der Waals surface area contributed by atoms with Crippen LogP contribution in [-0.4, -0.2) is 28.7 Å². The molecule has 2 fully saturated rings. The third-order valence-corrected chi connectivity index (χ3v) is 3.38. The van der Waals surface area contributed by atoms with E-state index in [2.05, 4.69) is 0 Å². The SMILES string of the molecule is CCC(=O)N1C2CCCC1CC(=O)C2. The number of amides is 1. The Balaban J connectivity index is 2.16. The van der Waals surface area contributed by atoms with Gasteiger partial charge in [-0.2, -0.15) is 0 Å². The van der Waals surface area contributed by atoms with E-state index in [1.165, 1.54) is 6.42 Å². The monoisotopic (exact) mass is 195 g/mol. The molecule has 3 heteroatoms. The fourth-order valence-electron chi connectivity index (χ4n) is 2.77. The molecule has 2 aliphatic heterocycles. The van der Waals surface area contributed by atoms with Crippen LogP contribution in [-0.2, 0) is 9.59 Å². The van der Waals surface area contributed by atoms with Gasteiger partial charge in [0.05, 0.1) is 0 Å². The largest absolute Gasteiger partial charge is 0.336 e. The molecule has 0 aromatic carbocycles. The summed E-state index contributed by atoms with van der Waals surface area (Å²) in [4.78, 5) is 25.1. The van der Waals surface area contributed by atoms with Crippen LogP contribution >= 0.6 is 0 Å². The van der Waals surface area contributed by atoms with Gasteiger partial charge in [-0.1, -0.05) is 6.92 Å². The molecule has 0 aliphatic carbocycles. The lowest BCUT2D eigenvalue weighted by molar-refractivity contribution is -0.144. The zero-order chi connectivity index (χ0) is 10.1. The van der Waals surface area contributed by atoms with E-state index >= 15 is 0 Å². The highest BCUT2D eigenvalue weighted by atomic mass is 16.2. The van der Waals surface area contributed by atoms with Crippen LogP contribution in [0.25, 0.3) is 0 Å². The van der Waals surface area contributed by atoms with Crippen LogP contribution in [0.3, 0.4) is 0 Å². The Hall–Kier alpha value is -0.860. The fraction of sp³-hybridized carbons (Fsp3) is 0.818. The van der Waals surface area contributed by atoms with Gasteiger partial charge in [-0.15, -0.1) is 0 Å². The summed E-state index contributed by atoms with van der Waals surface area (Å²) in [5.74, 6) is 0.576. The summed E-state index contributed by atoms with van der Waals surface area (Å²) in [6.07, 6.45) is 4.99. The van der Waals surface area contributed by atoms with Crippen LogP contribution in [0.2, 0.25) is 0 Å². The second-order valence-corrected chi connectivity index (χ2v) is 4.34. The van der Waals surface area contributed by atoms with Gasteiger partial charge in [0.1, 0.15) is 5.78 Å². The molecule has 0 N–H and O–H groups in total. The summed E-state index contributed by atoms with van der Waals surface area (Å²) >= 11 is 0. The molecule has 2 unspecified atom stereocenters. The minimum absolute atomic E-state index is 0.224. The molecule has 0 spiro atoms. The number of piperidine rings is 2. The van der Waals surface area contributed by atoms with E-state index in [4.69, 9.17) is 0 Å². The molecule has 14 heavy (non-hydrogen) atoms. The molecule has 0 aromatic heterocycles. The van der Waals surface area contributed by atoms with Gasteiger partial charge in [0.2, 0.25) is 5.91 Å². The number of carbonyl (C=O) groups is 2. The molecular formula is C11H17NO2. The normalized spacial score (nSPS) is 31.8. The second-order valence-electron chi connectivity index (χ2n) is 4.34. The highest BCUT2D eigenvalue weighted by Gasteiger charge is 2.39. The lowest BCUT2D eigenvalue weighted by Crippen LogP contribution is -2.54. The van der Waals surface area contributed by atoms with Gasteiger partial charge in [-0.05, 0) is 19.3 Å². The average Bonchev–Trinajstić information content (AvgIpc) is 2.15. The summed E-state index contributed by atoms with van der Waals surface area (Å²) in [5, 5.41) is 0. The van der Waals surface area contributed by atoms with Gasteiger partial charge in [0.25, 0.3) is 0 Å². The van der Waals surface area contributed by atoms with Gasteiger partial charge < -0.3 is 4.90 Å². The molecule has 2 saturated heterocycles. The van der Waals surface area contributed by atoms with E-state index < -0.39 is 0 Å². The number of rotatable bonds is 1. The van der Waals surface area contributed by atoms with Gasteiger partial charge in [-0.25, -0.2) is 0 Å². The minimum atomic E-state index is 0.224. The van der Waals surface area contributed by atoms with Crippen molar-refractivity contribution in [3.05, 3.63) is 0 Å². The van der Waals surface area contributed by atoms with Crippen molar-refractivity contribution in [2.75, 3.05) is 0 Å². The Labute approximate surface area is 84.5 Å². The molecule has 2 aliphatic rings. The van der Waals surface area contributed by atoms with Crippen molar-refractivity contribution in [1.82, 2.24) is 4.90 Å². The van der Waals surface area contributed by atoms with E-state index in [9.17, 15) is 9.59 Å². The Morgan fingerprint density at radius 3 is 2.43 bits per heavy atom. The maximum Gasteiger partial charge on any atom is 0.222 e. The third kappa shape index (κ3) is 1.56. The molecule has 78 valence electrons. The Bertz CT molecular complexity index is 246. The highest BCUT2D eigenvalue weighted by molar-refractivity contribution is 5.85. The van der Waals surface area contributed by atoms with Gasteiger partial charge >= 0.3 is 0 Å². The topological polar surface area (TPSA) is 37.4 Å². The molecule has 0 saturated carbocycles. The van der Waals surface area contributed by atoms with Crippen LogP contribution in [0.5, 0.6) is 0 Å². The molecule has 2 bridgehead atoms. The summed E-state index contributed by atoms with van der Waals surface area (Å²) in [6, 6.07) is 0.449. The lowest BCUT2D eigenvalue weighted by Gasteiger charge is -2.45. The Morgan fingerprint density at radius 1 is 1.36 bits per heavy atom. The number of nitrogens with zero attached hydrogens (tertiary/aromatic N) is 1. The zero-order valence-electron chi connectivity index (χ0n) is 8.66. The Kier molecular flexibility index (Phi) is 2.57. The van der Waals surface area contributed by atoms with Crippen molar-refractivity contribution in [3.8, 4) is 0 Å². The summed E-state index contributed by atoms with van der Waals surface area (Å²) in [5.41, 5.74) is 0. The van der Waals surface area contributed by atoms with Crippen molar-refractivity contribution < 1.29 is 9.59 Å². The third-order valence-electron chi connectivity index (χ3n) is 3.38. The standard InChI is InChI=1S/C11H17NO2/c1-2-11(14)12-8-4-3-5-9(12)7-10(13)6-8/h8-9H,2-7H2,1H3. The number of carbonyl (C=O) groups excluding carboxylic acids is 2. The highest BCUT2D eigenvalue weighted by Crippen LogP contribution is 2.32. The first kappa shape index (κ1) is 9.69. The molecule has 2 heterocycles. The van der Waals surface area contributed by atoms with Crippen molar-refractivity contribution >= 4 is 11.7 Å². The van der Waals surface area contributed by atoms with E-state index in [1.807, 2.05) is 11.8 Å². The van der Waals surface area contributed by atoms with E-state index in [0.29, 0.717) is 25.0 Å². The number of hydrogen-bond donors (Lipinski definition) is 0. The molecule has 3 nitrogen and oxygen atoms in total. The van der Waals surface area contributed by atoms with Crippen LogP contribution < -0.4 is 0 Å². The smallest absolute Gasteiger partial charge is 0.222 e. The van der Waals surface area contributed by atoms with E-state index in [-0.39, 0.29) is 18.0 Å². The van der Waals surface area contributed by atoms with Gasteiger partial charge in [0, 0.05) is 31.3 Å². The number of ketones is 1. The molecule has 0 radical (unpaired) electrons. The number of Topliss-reactive ketones (excluding diaryl/α,β-unsaturated/α-hetero) is 1. The molecule has 0 aromatic rings. The van der Waals surface area contributed by atoms with Crippen molar-refractivity contribution in [1.29, 1.82) is 0 Å². The van der Waals surface area contributed by atoms with Gasteiger partial charge in [-0.3, -0.25) is 9.59 Å². The van der Waals surface area contributed by atoms with Crippen LogP contribution in [0.15, 0.2) is 0 Å². The average molecular weight is 195 g/mol. The van der Waals surface area contributed by atoms with Crippen molar-refractivity contribution in [2.45, 2.75) is 57.5 Å². The van der Waals surface area contributed by atoms with E-state index in [0.717, 1.165) is 12.8 Å². The minimum Gasteiger partial charge on any atom is -0.336 e. The summed E-state index contributed by atoms with van der Waals surface area (Å²) in [6.45, 7) is 1.90. The molecular weight excluding hydrogens is 178 g/mol. The molecule has 2 atom stereocenters. The quantitative estimate of drug-likeness (QED) is 0.636. The lowest BCUT2D eigenvalue weighted by atomic mass is 9.83. The Morgan fingerprint density at radius 2 is 1.93 bits per heavy atom. The van der Waals surface area contributed by atoms with Crippen LogP contribution in [0.1, 0.15) is 45.4 Å². The predicted molar refractivity (Wildman–Crippen MR) is 52.8 cm³/mol. The van der Waals surface area contributed by atoms with Gasteiger partial charge in [0.15, 0.2) is 0 Å². The maximum absolute atomic E-state index is 11.7. The van der Waals surface area contributed by atoms with Crippen LogP contribution in [0, 0.1) is 0 Å². The fourth-order valence-corrected chi connectivity index (χ4v) is 2.77. The second kappa shape index (κ2) is 3.71. The first-order valence-corrected chi connectivity index (χ1v) is 5.55. The first-order chi connectivity index (χ1) is 6.72. The zero-order valence-corrected chi connectivity index (χ0v) is 8.66. The molecule has 1 amide bonds.